The molecule has 0 bridgehead atoms. The summed E-state index contributed by atoms with van der Waals surface area (Å²) < 4.78 is 5.40. The van der Waals surface area contributed by atoms with E-state index >= 15 is 0 Å². The molecular weight excluding hydrogens is 264 g/mol. The van der Waals surface area contributed by atoms with Crippen LogP contribution in [0.25, 0.3) is 11.5 Å². The van der Waals surface area contributed by atoms with Crippen molar-refractivity contribution in [3.8, 4) is 11.5 Å². The fourth-order valence-corrected chi connectivity index (χ4v) is 3.00. The van der Waals surface area contributed by atoms with Crippen molar-refractivity contribution in [3.63, 3.8) is 0 Å². The van der Waals surface area contributed by atoms with Crippen molar-refractivity contribution < 1.29 is 4.52 Å². The quantitative estimate of drug-likeness (QED) is 0.845. The number of likely N-dealkylation sites (N-methyl/N-ethyl adjacent to an activating group) is 1. The molecule has 0 aliphatic carbocycles. The number of nitrogens with zero attached hydrogens (tertiary/aromatic N) is 4. The highest BCUT2D eigenvalue weighted by molar-refractivity contribution is 5.54. The molecule has 3 rings (SSSR count). The summed E-state index contributed by atoms with van der Waals surface area (Å²) in [6, 6.07) is 10.5. The highest BCUT2D eigenvalue weighted by Gasteiger charge is 2.28. The monoisotopic (exact) mass is 286 g/mol. The van der Waals surface area contributed by atoms with Gasteiger partial charge >= 0.3 is 0 Å². The summed E-state index contributed by atoms with van der Waals surface area (Å²) >= 11 is 0. The van der Waals surface area contributed by atoms with Crippen molar-refractivity contribution in [2.24, 2.45) is 0 Å². The first-order valence-corrected chi connectivity index (χ1v) is 7.70. The fourth-order valence-electron chi connectivity index (χ4n) is 3.00. The molecule has 1 aliphatic rings. The second-order valence-corrected chi connectivity index (χ2v) is 5.38. The molecule has 0 spiro atoms. The summed E-state index contributed by atoms with van der Waals surface area (Å²) in [6.07, 6.45) is 1.16. The highest BCUT2D eigenvalue weighted by Crippen LogP contribution is 2.24. The van der Waals surface area contributed by atoms with E-state index in [4.69, 9.17) is 4.52 Å². The van der Waals surface area contributed by atoms with Crippen LogP contribution in [0.4, 0.5) is 5.95 Å². The van der Waals surface area contributed by atoms with Crippen LogP contribution < -0.4 is 4.90 Å². The maximum Gasteiger partial charge on any atom is 0.266 e. The van der Waals surface area contributed by atoms with Gasteiger partial charge in [-0.25, -0.2) is 0 Å². The first-order valence-electron chi connectivity index (χ1n) is 7.70. The Hall–Kier alpha value is -1.88. The summed E-state index contributed by atoms with van der Waals surface area (Å²) in [5.74, 6) is 1.31. The van der Waals surface area contributed by atoms with Gasteiger partial charge in [-0.3, -0.25) is 4.90 Å². The second kappa shape index (κ2) is 6.26. The van der Waals surface area contributed by atoms with Gasteiger partial charge in [0, 0.05) is 24.7 Å². The van der Waals surface area contributed by atoms with Crippen molar-refractivity contribution in [1.29, 1.82) is 0 Å². The molecule has 112 valence electrons. The topological polar surface area (TPSA) is 45.4 Å². The van der Waals surface area contributed by atoms with E-state index in [0.717, 1.165) is 38.2 Å². The van der Waals surface area contributed by atoms with Gasteiger partial charge in [0.25, 0.3) is 11.8 Å². The average Bonchev–Trinajstić information content (AvgIpc) is 3.18. The summed E-state index contributed by atoms with van der Waals surface area (Å²) in [7, 11) is 0. The third-order valence-corrected chi connectivity index (χ3v) is 4.21. The first kappa shape index (κ1) is 14.1. The smallest absolute Gasteiger partial charge is 0.266 e. The molecule has 5 nitrogen and oxygen atoms in total. The van der Waals surface area contributed by atoms with Gasteiger partial charge in [-0.1, -0.05) is 32.0 Å². The normalized spacial score (nSPS) is 18.6. The highest BCUT2D eigenvalue weighted by atomic mass is 16.5. The minimum Gasteiger partial charge on any atom is -0.337 e. The molecule has 1 unspecified atom stereocenters. The number of hydrogen-bond acceptors (Lipinski definition) is 5. The first-order chi connectivity index (χ1) is 10.3. The Kier molecular flexibility index (Phi) is 4.20. The van der Waals surface area contributed by atoms with Gasteiger partial charge < -0.3 is 9.42 Å². The lowest BCUT2D eigenvalue weighted by Crippen LogP contribution is -2.37. The summed E-state index contributed by atoms with van der Waals surface area (Å²) in [6.45, 7) is 8.60. The number of rotatable bonds is 5. The zero-order chi connectivity index (χ0) is 14.7. The second-order valence-electron chi connectivity index (χ2n) is 5.38. The van der Waals surface area contributed by atoms with Crippen molar-refractivity contribution >= 4 is 5.95 Å². The minimum absolute atomic E-state index is 0.594. The molecule has 2 aromatic rings. The number of anilines is 1. The van der Waals surface area contributed by atoms with Crippen LogP contribution >= 0.6 is 0 Å². The van der Waals surface area contributed by atoms with E-state index in [1.165, 1.54) is 0 Å². The lowest BCUT2D eigenvalue weighted by Gasteiger charge is -2.25. The van der Waals surface area contributed by atoms with Gasteiger partial charge in [0.2, 0.25) is 0 Å². The van der Waals surface area contributed by atoms with Gasteiger partial charge in [-0.15, -0.1) is 0 Å². The van der Waals surface area contributed by atoms with Gasteiger partial charge in [0.15, 0.2) is 0 Å². The van der Waals surface area contributed by atoms with E-state index in [9.17, 15) is 0 Å². The summed E-state index contributed by atoms with van der Waals surface area (Å²) in [5, 5.41) is 4.14. The molecule has 1 aromatic carbocycles. The molecular formula is C16H22N4O. The van der Waals surface area contributed by atoms with Crippen molar-refractivity contribution in [2.75, 3.05) is 31.1 Å². The van der Waals surface area contributed by atoms with Crippen LogP contribution in [0.5, 0.6) is 0 Å². The van der Waals surface area contributed by atoms with Crippen molar-refractivity contribution in [3.05, 3.63) is 30.3 Å². The zero-order valence-corrected chi connectivity index (χ0v) is 12.7. The van der Waals surface area contributed by atoms with Gasteiger partial charge in [-0.2, -0.15) is 4.98 Å². The van der Waals surface area contributed by atoms with Crippen molar-refractivity contribution in [1.82, 2.24) is 15.0 Å². The predicted molar refractivity (Wildman–Crippen MR) is 83.3 cm³/mol. The van der Waals surface area contributed by atoms with E-state index in [2.05, 4.69) is 33.8 Å². The van der Waals surface area contributed by atoms with Crippen molar-refractivity contribution in [2.45, 2.75) is 26.3 Å². The van der Waals surface area contributed by atoms with Crippen LogP contribution in [0.15, 0.2) is 34.9 Å². The Balaban J connectivity index is 1.70. The fraction of sp³-hybridized carbons (Fsp3) is 0.500. The molecule has 1 saturated heterocycles. The summed E-state index contributed by atoms with van der Waals surface area (Å²) in [4.78, 5) is 9.26. The third-order valence-electron chi connectivity index (χ3n) is 4.21. The van der Waals surface area contributed by atoms with Crippen LogP contribution in [-0.4, -0.2) is 47.3 Å². The molecule has 1 aliphatic heterocycles. The molecule has 0 saturated carbocycles. The average molecular weight is 286 g/mol. The van der Waals surface area contributed by atoms with E-state index in [-0.39, 0.29) is 0 Å². The maximum atomic E-state index is 5.40. The Morgan fingerprint density at radius 2 is 2.00 bits per heavy atom. The van der Waals surface area contributed by atoms with Gasteiger partial charge in [-0.05, 0) is 36.8 Å². The zero-order valence-electron chi connectivity index (χ0n) is 12.7. The molecule has 5 heteroatoms. The Labute approximate surface area is 125 Å². The SMILES string of the molecule is CCN(CC)C1CCN(c2noc(-c3ccccc3)n2)C1. The number of hydrogen-bond donors (Lipinski definition) is 0. The Morgan fingerprint density at radius 3 is 2.71 bits per heavy atom. The lowest BCUT2D eigenvalue weighted by molar-refractivity contribution is 0.232. The number of aromatic nitrogens is 2. The van der Waals surface area contributed by atoms with Crippen LogP contribution in [0.2, 0.25) is 0 Å². The van der Waals surface area contributed by atoms with E-state index < -0.39 is 0 Å². The van der Waals surface area contributed by atoms with Gasteiger partial charge in [0.05, 0.1) is 0 Å². The van der Waals surface area contributed by atoms with Crippen LogP contribution in [0, 0.1) is 0 Å². The molecule has 0 N–H and O–H groups in total. The summed E-state index contributed by atoms with van der Waals surface area (Å²) in [5.41, 5.74) is 0.968. The minimum atomic E-state index is 0.594. The van der Waals surface area contributed by atoms with Crippen LogP contribution in [0.1, 0.15) is 20.3 Å². The largest absolute Gasteiger partial charge is 0.337 e. The maximum absolute atomic E-state index is 5.40. The molecule has 1 fully saturated rings. The number of benzene rings is 1. The molecule has 21 heavy (non-hydrogen) atoms. The lowest BCUT2D eigenvalue weighted by atomic mass is 10.2. The van der Waals surface area contributed by atoms with Gasteiger partial charge in [0.1, 0.15) is 0 Å². The van der Waals surface area contributed by atoms with Crippen LogP contribution in [0.3, 0.4) is 0 Å². The standard InChI is InChI=1S/C16H22N4O/c1-3-19(4-2)14-10-11-20(12-14)16-17-15(21-18-16)13-8-6-5-7-9-13/h5-9,14H,3-4,10-12H2,1-2H3. The molecule has 0 radical (unpaired) electrons. The molecule has 2 heterocycles. The Bertz CT molecular complexity index is 565. The van der Waals surface area contributed by atoms with E-state index in [1.807, 2.05) is 30.3 Å². The third kappa shape index (κ3) is 2.93. The van der Waals surface area contributed by atoms with E-state index in [1.54, 1.807) is 0 Å². The Morgan fingerprint density at radius 1 is 1.24 bits per heavy atom. The molecule has 1 aromatic heterocycles. The molecule has 0 amide bonds. The predicted octanol–water partition coefficient (Wildman–Crippen LogP) is 2.66. The van der Waals surface area contributed by atoms with E-state index in [0.29, 0.717) is 17.9 Å². The van der Waals surface area contributed by atoms with Crippen LogP contribution in [-0.2, 0) is 0 Å². The molecule has 1 atom stereocenters.